The first-order chi connectivity index (χ1) is 14.5. The van der Waals surface area contributed by atoms with Crippen molar-refractivity contribution in [3.8, 4) is 5.75 Å². The maximum absolute atomic E-state index is 14.3. The van der Waals surface area contributed by atoms with Gasteiger partial charge in [-0.05, 0) is 37.4 Å². The maximum Gasteiger partial charge on any atom is 0.229 e. The highest BCUT2D eigenvalue weighted by Gasteiger charge is 2.25. The van der Waals surface area contributed by atoms with E-state index in [9.17, 15) is 9.18 Å². The summed E-state index contributed by atoms with van der Waals surface area (Å²) in [6, 6.07) is 4.44. The molecule has 156 valence electrons. The molecule has 0 aliphatic heterocycles. The third-order valence-electron chi connectivity index (χ3n) is 4.30. The van der Waals surface area contributed by atoms with Gasteiger partial charge in [-0.1, -0.05) is 11.6 Å². The highest BCUT2D eigenvalue weighted by atomic mass is 35.5. The van der Waals surface area contributed by atoms with Gasteiger partial charge in [0.2, 0.25) is 5.95 Å². The molecule has 1 aliphatic carbocycles. The Labute approximate surface area is 177 Å². The largest absolute Gasteiger partial charge is 0.497 e. The van der Waals surface area contributed by atoms with Crippen LogP contribution in [0.4, 0.5) is 21.8 Å². The van der Waals surface area contributed by atoms with Gasteiger partial charge in [-0.2, -0.15) is 4.98 Å². The summed E-state index contributed by atoms with van der Waals surface area (Å²) in [5.74, 6) is 2.25. The molecule has 0 fully saturated rings. The van der Waals surface area contributed by atoms with Crippen LogP contribution in [0.1, 0.15) is 0 Å². The number of anilines is 3. The molecule has 1 aliphatic rings. The Kier molecular flexibility index (Phi) is 6.68. The summed E-state index contributed by atoms with van der Waals surface area (Å²) >= 11 is 6.11. The van der Waals surface area contributed by atoms with Gasteiger partial charge >= 0.3 is 0 Å². The van der Waals surface area contributed by atoms with Crippen LogP contribution in [0.3, 0.4) is 0 Å². The zero-order chi connectivity index (χ0) is 21.7. The zero-order valence-corrected chi connectivity index (χ0v) is 17.2. The van der Waals surface area contributed by atoms with Gasteiger partial charge in [-0.3, -0.25) is 0 Å². The normalized spacial score (nSPS) is 15.6. The van der Waals surface area contributed by atoms with Crippen LogP contribution in [0.15, 0.2) is 53.6 Å². The van der Waals surface area contributed by atoms with Crippen LogP contribution in [-0.2, 0) is 9.53 Å². The average molecular weight is 432 g/mol. The summed E-state index contributed by atoms with van der Waals surface area (Å²) < 4.78 is 24.8. The van der Waals surface area contributed by atoms with Gasteiger partial charge in [-0.15, -0.1) is 0 Å². The van der Waals surface area contributed by atoms with E-state index >= 15 is 0 Å². The molecule has 0 saturated heterocycles. The van der Waals surface area contributed by atoms with Gasteiger partial charge in [0.1, 0.15) is 23.5 Å². The molecule has 30 heavy (non-hydrogen) atoms. The molecule has 0 radical (unpaired) electrons. The Balaban J connectivity index is 1.88. The van der Waals surface area contributed by atoms with Crippen molar-refractivity contribution in [2.75, 3.05) is 31.9 Å². The Morgan fingerprint density at radius 1 is 1.20 bits per heavy atom. The molecular weight excluding hydrogens is 413 g/mol. The third kappa shape index (κ3) is 4.44. The summed E-state index contributed by atoms with van der Waals surface area (Å²) in [6.45, 7) is 0. The van der Waals surface area contributed by atoms with Crippen molar-refractivity contribution < 1.29 is 18.7 Å². The van der Waals surface area contributed by atoms with Crippen LogP contribution in [0.25, 0.3) is 0 Å². The number of rotatable bonds is 7. The lowest BCUT2D eigenvalue weighted by Gasteiger charge is -2.24. The number of hydrogen-bond donors (Lipinski definition) is 3. The number of likely N-dealkylation sites (N-methyl/N-ethyl adjacent to an activating group) is 1. The lowest BCUT2D eigenvalue weighted by molar-refractivity contribution is 0.260. The molecule has 0 bridgehead atoms. The second-order valence-electron chi connectivity index (χ2n) is 6.08. The number of halogens is 2. The number of allylic oxidation sites excluding steroid dienone is 1. The summed E-state index contributed by atoms with van der Waals surface area (Å²) in [5.41, 5.74) is 1.43. The summed E-state index contributed by atoms with van der Waals surface area (Å²) in [4.78, 5) is 19.3. The van der Waals surface area contributed by atoms with Crippen LogP contribution in [-0.4, -0.2) is 43.2 Å². The van der Waals surface area contributed by atoms with Gasteiger partial charge in [-0.25, -0.2) is 14.2 Å². The van der Waals surface area contributed by atoms with Crippen LogP contribution < -0.4 is 20.7 Å². The predicted molar refractivity (Wildman–Crippen MR) is 112 cm³/mol. The van der Waals surface area contributed by atoms with E-state index < -0.39 is 11.9 Å². The van der Waals surface area contributed by atoms with Gasteiger partial charge in [0.25, 0.3) is 0 Å². The Bertz CT molecular complexity index is 1070. The lowest BCUT2D eigenvalue weighted by atomic mass is 9.99. The van der Waals surface area contributed by atoms with E-state index in [1.54, 1.807) is 37.4 Å². The molecule has 10 heteroatoms. The SMILES string of the molecule is CNC1C(=C=O)C=CC(Nc2ncc(F)c(Nc3ccc(OC)c(Cl)c3)n2)=C1OC. The molecule has 1 atom stereocenters. The predicted octanol–water partition coefficient (Wildman–Crippen LogP) is 3.21. The van der Waals surface area contributed by atoms with E-state index in [0.29, 0.717) is 33.5 Å². The van der Waals surface area contributed by atoms with Crippen LogP contribution in [0.2, 0.25) is 5.02 Å². The average Bonchev–Trinajstić information content (AvgIpc) is 2.75. The first-order valence-corrected chi connectivity index (χ1v) is 9.17. The summed E-state index contributed by atoms with van der Waals surface area (Å²) in [5, 5.41) is 9.20. The van der Waals surface area contributed by atoms with E-state index in [0.717, 1.165) is 6.20 Å². The number of ether oxygens (including phenoxy) is 2. The zero-order valence-electron chi connectivity index (χ0n) is 16.4. The fourth-order valence-electron chi connectivity index (χ4n) is 2.88. The first kappa shape index (κ1) is 21.3. The Hall–Kier alpha value is -3.39. The number of nitrogens with one attached hydrogen (secondary N) is 3. The van der Waals surface area contributed by atoms with Gasteiger partial charge < -0.3 is 25.4 Å². The maximum atomic E-state index is 14.3. The van der Waals surface area contributed by atoms with Crippen molar-refractivity contribution in [2.45, 2.75) is 6.04 Å². The lowest BCUT2D eigenvalue weighted by Crippen LogP contribution is -2.33. The van der Waals surface area contributed by atoms with Crippen molar-refractivity contribution >= 4 is 35.0 Å². The molecule has 3 rings (SSSR count). The molecule has 8 nitrogen and oxygen atoms in total. The molecule has 1 heterocycles. The Morgan fingerprint density at radius 2 is 2.00 bits per heavy atom. The van der Waals surface area contributed by atoms with E-state index in [-0.39, 0.29) is 11.8 Å². The van der Waals surface area contributed by atoms with Crippen LogP contribution in [0, 0.1) is 5.82 Å². The number of hydrogen-bond acceptors (Lipinski definition) is 8. The number of aromatic nitrogens is 2. The van der Waals surface area contributed by atoms with Crippen molar-refractivity contribution in [1.82, 2.24) is 15.3 Å². The molecule has 0 saturated carbocycles. The molecule has 0 amide bonds. The molecule has 2 aromatic rings. The molecular formula is C20H19ClFN5O3. The quantitative estimate of drug-likeness (QED) is 0.575. The molecule has 1 unspecified atom stereocenters. The Morgan fingerprint density at radius 3 is 2.63 bits per heavy atom. The monoisotopic (exact) mass is 431 g/mol. The van der Waals surface area contributed by atoms with E-state index in [2.05, 4.69) is 25.9 Å². The van der Waals surface area contributed by atoms with E-state index in [1.807, 2.05) is 5.94 Å². The van der Waals surface area contributed by atoms with Crippen molar-refractivity contribution in [3.63, 3.8) is 0 Å². The molecule has 1 aromatic heterocycles. The van der Waals surface area contributed by atoms with Crippen molar-refractivity contribution in [3.05, 3.63) is 64.4 Å². The number of benzene rings is 1. The second kappa shape index (κ2) is 9.41. The summed E-state index contributed by atoms with van der Waals surface area (Å²) in [7, 11) is 4.68. The fourth-order valence-corrected chi connectivity index (χ4v) is 3.13. The molecule has 1 aromatic carbocycles. The van der Waals surface area contributed by atoms with Gasteiger partial charge in [0.05, 0.1) is 36.7 Å². The fraction of sp³-hybridized carbons (Fsp3) is 0.200. The van der Waals surface area contributed by atoms with E-state index in [4.69, 9.17) is 21.1 Å². The minimum Gasteiger partial charge on any atom is -0.497 e. The smallest absolute Gasteiger partial charge is 0.229 e. The number of methoxy groups -OCH3 is 2. The topological polar surface area (TPSA) is 97.4 Å². The van der Waals surface area contributed by atoms with E-state index in [1.165, 1.54) is 14.2 Å². The summed E-state index contributed by atoms with van der Waals surface area (Å²) in [6.07, 6.45) is 4.27. The van der Waals surface area contributed by atoms with Gasteiger partial charge in [0, 0.05) is 5.69 Å². The minimum atomic E-state index is -0.646. The minimum absolute atomic E-state index is 0.0493. The van der Waals surface area contributed by atoms with Crippen LogP contribution >= 0.6 is 11.6 Å². The standard InChI is InChI=1S/C20H19ClFN5O3/c1-23-17-11(10-28)4-6-15(18(17)30-3)26-20-24-9-14(22)19(27-20)25-12-5-7-16(29-2)13(21)8-12/h4-9,17,23H,1-3H3,(H2,24,25,26,27). The molecule has 3 N–H and O–H groups in total. The molecule has 0 spiro atoms. The first-order valence-electron chi connectivity index (χ1n) is 8.79. The number of nitrogens with zero attached hydrogens (tertiary/aromatic N) is 2. The van der Waals surface area contributed by atoms with Crippen molar-refractivity contribution in [1.29, 1.82) is 0 Å². The third-order valence-corrected chi connectivity index (χ3v) is 4.60. The highest BCUT2D eigenvalue weighted by Crippen LogP contribution is 2.29. The second-order valence-corrected chi connectivity index (χ2v) is 6.49. The van der Waals surface area contributed by atoms with Crippen molar-refractivity contribution in [2.24, 2.45) is 0 Å². The van der Waals surface area contributed by atoms with Crippen LogP contribution in [0.5, 0.6) is 5.75 Å². The highest BCUT2D eigenvalue weighted by molar-refractivity contribution is 6.32. The van der Waals surface area contributed by atoms with Gasteiger partial charge in [0.15, 0.2) is 11.6 Å². The number of carbonyl (C=O) groups excluding carboxylic acids is 1.